The van der Waals surface area contributed by atoms with Gasteiger partial charge in [0.1, 0.15) is 0 Å². The Balaban J connectivity index is 2.98. The SMILES string of the molecule is CC(C)Cc1sc(NC(=O)C(F)(F)F)nc1C(=O)O. The molecule has 0 aliphatic heterocycles. The van der Waals surface area contributed by atoms with Crippen molar-refractivity contribution in [2.75, 3.05) is 5.32 Å². The number of rotatable bonds is 4. The van der Waals surface area contributed by atoms with Crippen molar-refractivity contribution in [1.29, 1.82) is 0 Å². The van der Waals surface area contributed by atoms with E-state index < -0.39 is 18.1 Å². The highest BCUT2D eigenvalue weighted by Gasteiger charge is 2.39. The average molecular weight is 296 g/mol. The molecular weight excluding hydrogens is 285 g/mol. The van der Waals surface area contributed by atoms with Crippen molar-refractivity contribution in [2.45, 2.75) is 26.4 Å². The topological polar surface area (TPSA) is 79.3 Å². The summed E-state index contributed by atoms with van der Waals surface area (Å²) in [6, 6.07) is 0. The maximum Gasteiger partial charge on any atom is 0.471 e. The van der Waals surface area contributed by atoms with E-state index >= 15 is 0 Å². The summed E-state index contributed by atoms with van der Waals surface area (Å²) in [5, 5.41) is 10.1. The van der Waals surface area contributed by atoms with Crippen LogP contribution in [-0.2, 0) is 11.2 Å². The number of hydrogen-bond acceptors (Lipinski definition) is 4. The standard InChI is InChI=1S/C10H11F3N2O3S/c1-4(2)3-5-6(7(16)17)14-9(19-5)15-8(18)10(11,12)13/h4H,3H2,1-2H3,(H,16,17)(H,14,15,18). The smallest absolute Gasteiger partial charge is 0.471 e. The molecule has 1 amide bonds. The van der Waals surface area contributed by atoms with Crippen LogP contribution in [0.15, 0.2) is 0 Å². The first-order valence-electron chi connectivity index (χ1n) is 5.22. The number of thiazole rings is 1. The lowest BCUT2D eigenvalue weighted by Crippen LogP contribution is -2.29. The molecule has 0 aromatic carbocycles. The van der Waals surface area contributed by atoms with Gasteiger partial charge in [-0.25, -0.2) is 9.78 Å². The molecule has 2 N–H and O–H groups in total. The quantitative estimate of drug-likeness (QED) is 0.895. The van der Waals surface area contributed by atoms with E-state index in [4.69, 9.17) is 5.11 Å². The number of aromatic carboxylic acids is 1. The second kappa shape index (κ2) is 5.55. The zero-order valence-electron chi connectivity index (χ0n) is 10.0. The fourth-order valence-electron chi connectivity index (χ4n) is 1.25. The molecule has 0 saturated heterocycles. The number of amides is 1. The molecule has 0 atom stereocenters. The molecule has 0 aliphatic rings. The Kier molecular flexibility index (Phi) is 4.51. The molecule has 0 radical (unpaired) electrons. The lowest BCUT2D eigenvalue weighted by Gasteiger charge is -2.04. The average Bonchev–Trinajstić information content (AvgIpc) is 2.58. The van der Waals surface area contributed by atoms with Crippen LogP contribution in [0, 0.1) is 5.92 Å². The lowest BCUT2D eigenvalue weighted by atomic mass is 10.1. The van der Waals surface area contributed by atoms with E-state index in [1.165, 1.54) is 0 Å². The third-order valence-electron chi connectivity index (χ3n) is 1.97. The Bertz CT molecular complexity index is 497. The summed E-state index contributed by atoms with van der Waals surface area (Å²) in [6.45, 7) is 3.67. The number of aromatic nitrogens is 1. The maximum atomic E-state index is 12.1. The van der Waals surface area contributed by atoms with Crippen molar-refractivity contribution in [3.8, 4) is 0 Å². The number of hydrogen-bond donors (Lipinski definition) is 2. The van der Waals surface area contributed by atoms with E-state index in [0.717, 1.165) is 11.3 Å². The number of carboxylic acids is 1. The van der Waals surface area contributed by atoms with Gasteiger partial charge in [-0.2, -0.15) is 13.2 Å². The molecule has 1 aromatic rings. The summed E-state index contributed by atoms with van der Waals surface area (Å²) in [5.74, 6) is -3.39. The largest absolute Gasteiger partial charge is 0.476 e. The highest BCUT2D eigenvalue weighted by Crippen LogP contribution is 2.27. The summed E-state index contributed by atoms with van der Waals surface area (Å²) in [5.41, 5.74) is -0.323. The first kappa shape index (κ1) is 15.4. The fourth-order valence-corrected chi connectivity index (χ4v) is 2.41. The van der Waals surface area contributed by atoms with Crippen molar-refractivity contribution in [3.05, 3.63) is 10.6 Å². The summed E-state index contributed by atoms with van der Waals surface area (Å²) in [7, 11) is 0. The van der Waals surface area contributed by atoms with Crippen molar-refractivity contribution in [1.82, 2.24) is 4.98 Å². The molecule has 19 heavy (non-hydrogen) atoms. The van der Waals surface area contributed by atoms with Crippen LogP contribution in [-0.4, -0.2) is 28.1 Å². The van der Waals surface area contributed by atoms with Gasteiger partial charge in [-0.3, -0.25) is 10.1 Å². The second-order valence-electron chi connectivity index (χ2n) is 4.15. The molecule has 9 heteroatoms. The number of alkyl halides is 3. The summed E-state index contributed by atoms with van der Waals surface area (Å²) >= 11 is 0.737. The Morgan fingerprint density at radius 1 is 1.42 bits per heavy atom. The van der Waals surface area contributed by atoms with Gasteiger partial charge >= 0.3 is 18.1 Å². The number of halogens is 3. The minimum absolute atomic E-state index is 0.115. The van der Waals surface area contributed by atoms with E-state index in [1.54, 1.807) is 5.32 Å². The van der Waals surface area contributed by atoms with Gasteiger partial charge in [0, 0.05) is 4.88 Å². The number of carboxylic acid groups (broad SMARTS) is 1. The van der Waals surface area contributed by atoms with Crippen molar-refractivity contribution in [2.24, 2.45) is 5.92 Å². The van der Waals surface area contributed by atoms with E-state index in [9.17, 15) is 22.8 Å². The van der Waals surface area contributed by atoms with E-state index in [1.807, 2.05) is 13.8 Å². The van der Waals surface area contributed by atoms with Crippen LogP contribution in [0.25, 0.3) is 0 Å². The molecule has 0 bridgehead atoms. The molecule has 1 rings (SSSR count). The summed E-state index contributed by atoms with van der Waals surface area (Å²) in [4.78, 5) is 25.5. The van der Waals surface area contributed by atoms with Crippen molar-refractivity contribution < 1.29 is 27.9 Å². The Morgan fingerprint density at radius 3 is 2.42 bits per heavy atom. The fraction of sp³-hybridized carbons (Fsp3) is 0.500. The van der Waals surface area contributed by atoms with Gasteiger partial charge in [-0.1, -0.05) is 13.8 Å². The van der Waals surface area contributed by atoms with Crippen molar-refractivity contribution in [3.63, 3.8) is 0 Å². The minimum atomic E-state index is -5.03. The summed E-state index contributed by atoms with van der Waals surface area (Å²) < 4.78 is 36.2. The summed E-state index contributed by atoms with van der Waals surface area (Å²) in [6.07, 6.45) is -4.67. The molecular formula is C10H11F3N2O3S. The van der Waals surface area contributed by atoms with Crippen LogP contribution < -0.4 is 5.32 Å². The van der Waals surface area contributed by atoms with E-state index in [2.05, 4.69) is 4.98 Å². The minimum Gasteiger partial charge on any atom is -0.476 e. The molecule has 0 saturated carbocycles. The number of carbonyl (C=O) groups is 2. The number of nitrogens with one attached hydrogen (secondary N) is 1. The molecule has 1 aromatic heterocycles. The zero-order valence-corrected chi connectivity index (χ0v) is 10.9. The molecule has 5 nitrogen and oxygen atoms in total. The predicted molar refractivity (Wildman–Crippen MR) is 62.3 cm³/mol. The van der Waals surface area contributed by atoms with Crippen LogP contribution in [0.1, 0.15) is 29.2 Å². The van der Waals surface area contributed by atoms with Crippen molar-refractivity contribution >= 4 is 28.3 Å². The number of nitrogens with zero attached hydrogens (tertiary/aromatic N) is 1. The maximum absolute atomic E-state index is 12.1. The monoisotopic (exact) mass is 296 g/mol. The molecule has 0 aliphatic carbocycles. The van der Waals surface area contributed by atoms with Crippen LogP contribution in [0.2, 0.25) is 0 Å². The van der Waals surface area contributed by atoms with Crippen LogP contribution in [0.4, 0.5) is 18.3 Å². The molecule has 106 valence electrons. The third kappa shape index (κ3) is 4.19. The molecule has 0 fully saturated rings. The molecule has 0 unspecified atom stereocenters. The number of anilines is 1. The van der Waals surface area contributed by atoms with Gasteiger partial charge in [0.2, 0.25) is 0 Å². The first-order chi connectivity index (χ1) is 8.61. The lowest BCUT2D eigenvalue weighted by molar-refractivity contribution is -0.167. The van der Waals surface area contributed by atoms with E-state index in [0.29, 0.717) is 11.3 Å². The van der Waals surface area contributed by atoms with Crippen LogP contribution >= 0.6 is 11.3 Å². The first-order valence-corrected chi connectivity index (χ1v) is 6.04. The second-order valence-corrected chi connectivity index (χ2v) is 5.23. The van der Waals surface area contributed by atoms with Gasteiger partial charge in [0.15, 0.2) is 10.8 Å². The molecule has 0 spiro atoms. The molecule has 1 heterocycles. The Labute approximate surface area is 110 Å². The highest BCUT2D eigenvalue weighted by molar-refractivity contribution is 7.16. The zero-order chi connectivity index (χ0) is 14.8. The predicted octanol–water partition coefficient (Wildman–Crippen LogP) is 2.54. The van der Waals surface area contributed by atoms with Gasteiger partial charge < -0.3 is 5.11 Å². The Hall–Kier alpha value is -1.64. The van der Waals surface area contributed by atoms with E-state index in [-0.39, 0.29) is 16.7 Å². The normalized spacial score (nSPS) is 11.7. The third-order valence-corrected chi connectivity index (χ3v) is 2.96. The van der Waals surface area contributed by atoms with Gasteiger partial charge in [0.05, 0.1) is 0 Å². The Morgan fingerprint density at radius 2 is 2.00 bits per heavy atom. The number of carbonyl (C=O) groups excluding carboxylic acids is 1. The highest BCUT2D eigenvalue weighted by atomic mass is 32.1. The van der Waals surface area contributed by atoms with Crippen LogP contribution in [0.3, 0.4) is 0 Å². The van der Waals surface area contributed by atoms with Gasteiger partial charge in [-0.15, -0.1) is 11.3 Å². The van der Waals surface area contributed by atoms with Gasteiger partial charge in [-0.05, 0) is 12.3 Å². The van der Waals surface area contributed by atoms with Crippen LogP contribution in [0.5, 0.6) is 0 Å². The van der Waals surface area contributed by atoms with Gasteiger partial charge in [0.25, 0.3) is 0 Å².